The number of pyridine rings is 1. The molecule has 1 aromatic carbocycles. The summed E-state index contributed by atoms with van der Waals surface area (Å²) in [5, 5.41) is 5.43. The number of alkyl halides is 3. The van der Waals surface area contributed by atoms with Gasteiger partial charge in [0.05, 0.1) is 5.56 Å². The van der Waals surface area contributed by atoms with Gasteiger partial charge in [0.25, 0.3) is 0 Å². The normalized spacial score (nSPS) is 13.4. The Bertz CT molecular complexity index is 1120. The van der Waals surface area contributed by atoms with Crippen molar-refractivity contribution in [1.29, 1.82) is 0 Å². The molecule has 0 saturated heterocycles. The third-order valence-corrected chi connectivity index (χ3v) is 5.45. The Morgan fingerprint density at radius 1 is 1.15 bits per heavy atom. The molecule has 182 valence electrons. The molecular formula is C23H25F3N4O3S. The Kier molecular flexibility index (Phi) is 7.65. The smallest absolute Gasteiger partial charge is 0.419 e. The zero-order valence-electron chi connectivity index (χ0n) is 18.8. The second-order valence-corrected chi connectivity index (χ2v) is 9.25. The number of rotatable bonds is 9. The first kappa shape index (κ1) is 25.3. The molecule has 3 rings (SSSR count). The zero-order chi connectivity index (χ0) is 24.9. The number of primary amides is 1. The summed E-state index contributed by atoms with van der Waals surface area (Å²) in [6, 6.07) is 7.06. The van der Waals surface area contributed by atoms with Crippen LogP contribution in [0.2, 0.25) is 0 Å². The number of benzene rings is 1. The number of nitrogens with zero attached hydrogens (tertiary/aromatic N) is 2. The third kappa shape index (κ3) is 6.83. The van der Waals surface area contributed by atoms with E-state index < -0.39 is 23.4 Å². The van der Waals surface area contributed by atoms with E-state index in [9.17, 15) is 18.0 Å². The Hall–Kier alpha value is -3.34. The van der Waals surface area contributed by atoms with Crippen LogP contribution >= 0.6 is 11.3 Å². The summed E-state index contributed by atoms with van der Waals surface area (Å²) in [7, 11) is 0. The fraction of sp³-hybridized carbons (Fsp3) is 0.348. The van der Waals surface area contributed by atoms with Crippen molar-refractivity contribution < 1.29 is 27.4 Å². The van der Waals surface area contributed by atoms with Crippen LogP contribution in [0.3, 0.4) is 0 Å². The van der Waals surface area contributed by atoms with Crippen LogP contribution < -0.4 is 15.8 Å². The van der Waals surface area contributed by atoms with Crippen LogP contribution in [0, 0.1) is 5.92 Å². The van der Waals surface area contributed by atoms with E-state index in [1.165, 1.54) is 29.7 Å². The summed E-state index contributed by atoms with van der Waals surface area (Å²) in [6.07, 6.45) is -2.19. The molecule has 11 heteroatoms. The van der Waals surface area contributed by atoms with E-state index >= 15 is 0 Å². The van der Waals surface area contributed by atoms with Gasteiger partial charge in [-0.15, -0.1) is 11.3 Å². The molecule has 0 saturated carbocycles. The molecule has 0 fully saturated rings. The Balaban J connectivity index is 1.88. The number of thiazole rings is 1. The highest BCUT2D eigenvalue weighted by Crippen LogP contribution is 2.39. The minimum absolute atomic E-state index is 0.0938. The van der Waals surface area contributed by atoms with Crippen LogP contribution in [0.25, 0.3) is 11.1 Å². The Morgan fingerprint density at radius 2 is 1.88 bits per heavy atom. The lowest BCUT2D eigenvalue weighted by molar-refractivity contribution is -0.139. The molecule has 2 aromatic heterocycles. The van der Waals surface area contributed by atoms with Crippen molar-refractivity contribution in [3.8, 4) is 16.9 Å². The molecular weight excluding hydrogens is 469 g/mol. The SMILES string of the molecule is CC(C)C[C@@](C)(COc1ccc(-c2ccnc(Nc3nccs3)c2)cc1C(F)(F)F)OC(N)=O. The topological polar surface area (TPSA) is 99.4 Å². The third-order valence-electron chi connectivity index (χ3n) is 4.77. The number of carbonyl (C=O) groups is 1. The van der Waals surface area contributed by atoms with Crippen LogP contribution in [-0.2, 0) is 10.9 Å². The molecule has 7 nitrogen and oxygen atoms in total. The van der Waals surface area contributed by atoms with Crippen molar-refractivity contribution >= 4 is 28.4 Å². The van der Waals surface area contributed by atoms with Gasteiger partial charge < -0.3 is 20.5 Å². The number of ether oxygens (including phenoxy) is 2. The summed E-state index contributed by atoms with van der Waals surface area (Å²) in [5.74, 6) is 0.181. The second-order valence-electron chi connectivity index (χ2n) is 8.36. The van der Waals surface area contributed by atoms with Gasteiger partial charge in [0.15, 0.2) is 5.13 Å². The first-order valence-corrected chi connectivity index (χ1v) is 11.3. The van der Waals surface area contributed by atoms with Gasteiger partial charge in [0.1, 0.15) is 23.8 Å². The van der Waals surface area contributed by atoms with E-state index in [0.717, 1.165) is 6.07 Å². The van der Waals surface area contributed by atoms with Crippen LogP contribution in [0.5, 0.6) is 5.75 Å². The Labute approximate surface area is 199 Å². The number of hydrogen-bond donors (Lipinski definition) is 2. The van der Waals surface area contributed by atoms with Gasteiger partial charge in [-0.05, 0) is 54.7 Å². The summed E-state index contributed by atoms with van der Waals surface area (Å²) in [6.45, 7) is 5.08. The molecule has 3 aromatic rings. The van der Waals surface area contributed by atoms with Gasteiger partial charge in [-0.25, -0.2) is 14.8 Å². The van der Waals surface area contributed by atoms with E-state index in [0.29, 0.717) is 28.5 Å². The molecule has 1 atom stereocenters. The fourth-order valence-electron chi connectivity index (χ4n) is 3.60. The summed E-state index contributed by atoms with van der Waals surface area (Å²) >= 11 is 1.37. The number of carbonyl (C=O) groups excluding carboxylic acids is 1. The second kappa shape index (κ2) is 10.3. The van der Waals surface area contributed by atoms with Gasteiger partial charge in [0, 0.05) is 17.8 Å². The predicted octanol–water partition coefficient (Wildman–Crippen LogP) is 6.25. The molecule has 0 aliphatic rings. The molecule has 3 N–H and O–H groups in total. The number of amides is 1. The van der Waals surface area contributed by atoms with Gasteiger partial charge in [-0.3, -0.25) is 0 Å². The lowest BCUT2D eigenvalue weighted by Crippen LogP contribution is -2.41. The number of nitrogens with one attached hydrogen (secondary N) is 1. The molecule has 2 heterocycles. The molecule has 0 bridgehead atoms. The van der Waals surface area contributed by atoms with E-state index in [2.05, 4.69) is 15.3 Å². The van der Waals surface area contributed by atoms with Gasteiger partial charge in [-0.2, -0.15) is 13.2 Å². The van der Waals surface area contributed by atoms with E-state index in [1.54, 1.807) is 30.6 Å². The quantitative estimate of drug-likeness (QED) is 0.365. The maximum atomic E-state index is 13.9. The van der Waals surface area contributed by atoms with Gasteiger partial charge >= 0.3 is 12.3 Å². The number of nitrogens with two attached hydrogens (primary N) is 1. The number of hydrogen-bond acceptors (Lipinski definition) is 7. The first-order chi connectivity index (χ1) is 15.9. The van der Waals surface area contributed by atoms with Crippen LogP contribution in [0.1, 0.15) is 32.8 Å². The van der Waals surface area contributed by atoms with E-state index in [4.69, 9.17) is 15.2 Å². The average molecular weight is 495 g/mol. The van der Waals surface area contributed by atoms with E-state index in [1.807, 2.05) is 13.8 Å². The van der Waals surface area contributed by atoms with Crippen molar-refractivity contribution in [3.05, 3.63) is 53.7 Å². The van der Waals surface area contributed by atoms with Crippen LogP contribution in [-0.4, -0.2) is 28.3 Å². The standard InChI is InChI=1S/C23H25F3N4O3S/c1-14(2)12-22(3,33-20(27)31)13-32-18-5-4-15(10-17(18)23(24,25)26)16-6-7-28-19(11-16)30-21-29-8-9-34-21/h4-11,14H,12-13H2,1-3H3,(H2,27,31)(H,28,29,30)/t22-/m0/s1. The number of aromatic nitrogens is 2. The molecule has 0 unspecified atom stereocenters. The highest BCUT2D eigenvalue weighted by atomic mass is 32.1. The Morgan fingerprint density at radius 3 is 2.50 bits per heavy atom. The van der Waals surface area contributed by atoms with Crippen molar-refractivity contribution in [3.63, 3.8) is 0 Å². The number of anilines is 2. The maximum absolute atomic E-state index is 13.9. The lowest BCUT2D eigenvalue weighted by Gasteiger charge is -2.30. The molecule has 1 amide bonds. The number of halogens is 3. The molecule has 0 aliphatic carbocycles. The lowest BCUT2D eigenvalue weighted by atomic mass is 9.95. The molecule has 0 spiro atoms. The predicted molar refractivity (Wildman–Crippen MR) is 124 cm³/mol. The van der Waals surface area contributed by atoms with Crippen LogP contribution in [0.4, 0.5) is 28.9 Å². The van der Waals surface area contributed by atoms with Gasteiger partial charge in [0.2, 0.25) is 0 Å². The van der Waals surface area contributed by atoms with Crippen molar-refractivity contribution in [2.24, 2.45) is 11.7 Å². The summed E-state index contributed by atoms with van der Waals surface area (Å²) < 4.78 is 52.4. The summed E-state index contributed by atoms with van der Waals surface area (Å²) in [4.78, 5) is 19.6. The van der Waals surface area contributed by atoms with Gasteiger partial charge in [-0.1, -0.05) is 19.9 Å². The van der Waals surface area contributed by atoms with Crippen molar-refractivity contribution in [2.75, 3.05) is 11.9 Å². The highest BCUT2D eigenvalue weighted by molar-refractivity contribution is 7.13. The zero-order valence-corrected chi connectivity index (χ0v) is 19.7. The average Bonchev–Trinajstić information content (AvgIpc) is 3.23. The minimum Gasteiger partial charge on any atom is -0.489 e. The summed E-state index contributed by atoms with van der Waals surface area (Å²) in [5.41, 5.74) is 3.90. The first-order valence-electron chi connectivity index (χ1n) is 10.4. The molecule has 0 radical (unpaired) electrons. The monoisotopic (exact) mass is 494 g/mol. The maximum Gasteiger partial charge on any atom is 0.419 e. The highest BCUT2D eigenvalue weighted by Gasteiger charge is 2.36. The van der Waals surface area contributed by atoms with E-state index in [-0.39, 0.29) is 18.3 Å². The van der Waals surface area contributed by atoms with Crippen molar-refractivity contribution in [1.82, 2.24) is 9.97 Å². The molecule has 34 heavy (non-hydrogen) atoms. The van der Waals surface area contributed by atoms with Crippen molar-refractivity contribution in [2.45, 2.75) is 39.0 Å². The van der Waals surface area contributed by atoms with Crippen LogP contribution in [0.15, 0.2) is 48.1 Å². The fourth-order valence-corrected chi connectivity index (χ4v) is 4.13. The largest absolute Gasteiger partial charge is 0.489 e. The molecule has 0 aliphatic heterocycles. The minimum atomic E-state index is -4.67.